The van der Waals surface area contributed by atoms with Crippen molar-refractivity contribution >= 4 is 10.9 Å². The van der Waals surface area contributed by atoms with Gasteiger partial charge >= 0.3 is 0 Å². The van der Waals surface area contributed by atoms with E-state index in [1.165, 1.54) is 0 Å². The Morgan fingerprint density at radius 1 is 1.30 bits per heavy atom. The topological polar surface area (TPSA) is 41.6 Å². The first-order valence-corrected chi connectivity index (χ1v) is 2.70. The normalized spacial score (nSPS) is 9.20. The van der Waals surface area contributed by atoms with Crippen molar-refractivity contribution in [3.05, 3.63) is 24.7 Å². The first-order chi connectivity index (χ1) is 4.47. The molecule has 0 fully saturated rings. The largest absolute Gasteiger partial charge is 0.276 e. The van der Waals surface area contributed by atoms with Crippen LogP contribution in [0.3, 0.4) is 0 Å². The van der Waals surface area contributed by atoms with Crippen molar-refractivity contribution in [1.29, 1.82) is 0 Å². The molecule has 0 amide bonds. The summed E-state index contributed by atoms with van der Waals surface area (Å²) in [6.07, 6.45) is 5.28. The molecule has 0 aromatic carbocycles. The van der Waals surface area contributed by atoms with Gasteiger partial charge in [0.1, 0.15) is 0 Å². The Labute approximate surface area is 59.1 Å². The first kappa shape index (κ1) is 6.74. The molecule has 3 heteroatoms. The van der Waals surface area contributed by atoms with Crippen LogP contribution in [0.4, 0.5) is 0 Å². The van der Waals surface area contributed by atoms with Crippen LogP contribution in [0.5, 0.6) is 0 Å². The summed E-state index contributed by atoms with van der Waals surface area (Å²) >= 11 is 0. The second-order valence-corrected chi connectivity index (χ2v) is 1.83. The van der Waals surface area contributed by atoms with E-state index in [1.807, 2.05) is 6.07 Å². The van der Waals surface area contributed by atoms with Crippen molar-refractivity contribution in [1.82, 2.24) is 15.2 Å². The standard InChI is InChI=1S/C6H5N3.CH4/c1-2-7-4-6-5(1)3-8-9-6;/h1-4H,(H,8,9);1H4. The SMILES string of the molecule is C.c1cc2cn[nH]c2cn1. The molecular weight excluding hydrogens is 126 g/mol. The molecule has 0 spiro atoms. The highest BCUT2D eigenvalue weighted by atomic mass is 15.1. The van der Waals surface area contributed by atoms with Gasteiger partial charge in [-0.3, -0.25) is 10.1 Å². The third kappa shape index (κ3) is 0.857. The third-order valence-electron chi connectivity index (χ3n) is 1.24. The summed E-state index contributed by atoms with van der Waals surface area (Å²) in [5, 5.41) is 7.75. The maximum Gasteiger partial charge on any atom is 0.0833 e. The number of aromatic amines is 1. The van der Waals surface area contributed by atoms with E-state index in [9.17, 15) is 0 Å². The minimum Gasteiger partial charge on any atom is -0.276 e. The quantitative estimate of drug-likeness (QED) is 0.596. The number of H-pyrrole nitrogens is 1. The number of nitrogens with zero attached hydrogens (tertiary/aromatic N) is 2. The second kappa shape index (κ2) is 2.47. The molecule has 10 heavy (non-hydrogen) atoms. The molecule has 2 heterocycles. The van der Waals surface area contributed by atoms with Crippen LogP contribution >= 0.6 is 0 Å². The van der Waals surface area contributed by atoms with Crippen molar-refractivity contribution in [3.63, 3.8) is 0 Å². The van der Waals surface area contributed by atoms with Crippen LogP contribution in [0.25, 0.3) is 10.9 Å². The Morgan fingerprint density at radius 2 is 2.20 bits per heavy atom. The zero-order chi connectivity index (χ0) is 6.10. The smallest absolute Gasteiger partial charge is 0.0833 e. The van der Waals surface area contributed by atoms with E-state index in [1.54, 1.807) is 18.6 Å². The molecule has 0 unspecified atom stereocenters. The number of aromatic nitrogens is 3. The summed E-state index contributed by atoms with van der Waals surface area (Å²) in [5.74, 6) is 0. The molecule has 52 valence electrons. The van der Waals surface area contributed by atoms with Gasteiger partial charge in [-0.2, -0.15) is 5.10 Å². The predicted octanol–water partition coefficient (Wildman–Crippen LogP) is 1.59. The zero-order valence-corrected chi connectivity index (χ0v) is 4.70. The highest BCUT2D eigenvalue weighted by Crippen LogP contribution is 2.04. The van der Waals surface area contributed by atoms with Gasteiger partial charge in [-0.15, -0.1) is 0 Å². The maximum atomic E-state index is 3.91. The third-order valence-corrected chi connectivity index (χ3v) is 1.24. The van der Waals surface area contributed by atoms with Crippen LogP contribution in [0.15, 0.2) is 24.7 Å². The molecule has 0 saturated heterocycles. The van der Waals surface area contributed by atoms with Crippen molar-refractivity contribution in [3.8, 4) is 0 Å². The fourth-order valence-corrected chi connectivity index (χ4v) is 0.783. The van der Waals surface area contributed by atoms with E-state index in [4.69, 9.17) is 0 Å². The van der Waals surface area contributed by atoms with E-state index in [0.717, 1.165) is 10.9 Å². The van der Waals surface area contributed by atoms with Crippen molar-refractivity contribution in [2.75, 3.05) is 0 Å². The Hall–Kier alpha value is -1.38. The lowest BCUT2D eigenvalue weighted by Gasteiger charge is -1.80. The first-order valence-electron chi connectivity index (χ1n) is 2.70. The predicted molar refractivity (Wildman–Crippen MR) is 40.6 cm³/mol. The summed E-state index contributed by atoms with van der Waals surface area (Å²) < 4.78 is 0. The fourth-order valence-electron chi connectivity index (χ4n) is 0.783. The number of rotatable bonds is 0. The molecule has 0 aliphatic carbocycles. The maximum absolute atomic E-state index is 3.91. The van der Waals surface area contributed by atoms with Crippen molar-refractivity contribution < 1.29 is 0 Å². The molecule has 2 aromatic heterocycles. The van der Waals surface area contributed by atoms with Gasteiger partial charge in [-0.1, -0.05) is 7.43 Å². The van der Waals surface area contributed by atoms with Gasteiger partial charge in [0.05, 0.1) is 17.9 Å². The molecule has 0 bridgehead atoms. The van der Waals surface area contributed by atoms with Crippen molar-refractivity contribution in [2.45, 2.75) is 7.43 Å². The number of hydrogen-bond donors (Lipinski definition) is 1. The highest BCUT2D eigenvalue weighted by Gasteiger charge is 1.89. The van der Waals surface area contributed by atoms with Gasteiger partial charge in [0.2, 0.25) is 0 Å². The lowest BCUT2D eigenvalue weighted by Crippen LogP contribution is -1.69. The monoisotopic (exact) mass is 135 g/mol. The van der Waals surface area contributed by atoms with E-state index in [2.05, 4.69) is 15.2 Å². The van der Waals surface area contributed by atoms with Gasteiger partial charge in [0, 0.05) is 11.6 Å². The summed E-state index contributed by atoms with van der Waals surface area (Å²) in [6.45, 7) is 0. The van der Waals surface area contributed by atoms with E-state index >= 15 is 0 Å². The van der Waals surface area contributed by atoms with Crippen LogP contribution in [0, 0.1) is 0 Å². The number of pyridine rings is 1. The molecule has 2 rings (SSSR count). The Bertz CT molecular complexity index is 283. The van der Waals surface area contributed by atoms with Crippen LogP contribution in [-0.2, 0) is 0 Å². The van der Waals surface area contributed by atoms with Gasteiger partial charge in [-0.25, -0.2) is 0 Å². The summed E-state index contributed by atoms with van der Waals surface area (Å²) in [5.41, 5.74) is 0.984. The Kier molecular flexibility index (Phi) is 1.67. The van der Waals surface area contributed by atoms with Crippen molar-refractivity contribution in [2.24, 2.45) is 0 Å². The molecule has 3 nitrogen and oxygen atoms in total. The molecule has 1 N–H and O–H groups in total. The van der Waals surface area contributed by atoms with Crippen LogP contribution in [0.2, 0.25) is 0 Å². The summed E-state index contributed by atoms with van der Waals surface area (Å²) in [4.78, 5) is 3.91. The lowest BCUT2D eigenvalue weighted by atomic mass is 10.3. The van der Waals surface area contributed by atoms with Crippen LogP contribution in [0.1, 0.15) is 7.43 Å². The number of fused-ring (bicyclic) bond motifs is 1. The molecule has 0 saturated carbocycles. The van der Waals surface area contributed by atoms with E-state index in [0.29, 0.717) is 0 Å². The van der Waals surface area contributed by atoms with Gasteiger partial charge in [-0.05, 0) is 6.07 Å². The molecule has 2 aromatic rings. The van der Waals surface area contributed by atoms with Gasteiger partial charge in [0.25, 0.3) is 0 Å². The Balaban J connectivity index is 0.000000500. The number of nitrogens with one attached hydrogen (secondary N) is 1. The molecule has 0 aliphatic rings. The minimum atomic E-state index is 0. The average molecular weight is 135 g/mol. The number of hydrogen-bond acceptors (Lipinski definition) is 2. The molecule has 0 atom stereocenters. The van der Waals surface area contributed by atoms with E-state index < -0.39 is 0 Å². The summed E-state index contributed by atoms with van der Waals surface area (Å²) in [6, 6.07) is 1.92. The fraction of sp³-hybridized carbons (Fsp3) is 0.143. The Morgan fingerprint density at radius 3 is 3.00 bits per heavy atom. The van der Waals surface area contributed by atoms with E-state index in [-0.39, 0.29) is 7.43 Å². The minimum absolute atomic E-state index is 0. The molecule has 0 aliphatic heterocycles. The van der Waals surface area contributed by atoms with Gasteiger partial charge < -0.3 is 0 Å². The van der Waals surface area contributed by atoms with Crippen LogP contribution < -0.4 is 0 Å². The molecule has 0 radical (unpaired) electrons. The van der Waals surface area contributed by atoms with Gasteiger partial charge in [0.15, 0.2) is 0 Å². The second-order valence-electron chi connectivity index (χ2n) is 1.83. The average Bonchev–Trinajstić information content (AvgIpc) is 2.33. The summed E-state index contributed by atoms with van der Waals surface area (Å²) in [7, 11) is 0. The molecular formula is C7H9N3. The van der Waals surface area contributed by atoms with Crippen LogP contribution in [-0.4, -0.2) is 15.2 Å². The zero-order valence-electron chi connectivity index (χ0n) is 4.70. The highest BCUT2D eigenvalue weighted by molar-refractivity contribution is 5.76. The lowest BCUT2D eigenvalue weighted by molar-refractivity contribution is 1.11.